The predicted molar refractivity (Wildman–Crippen MR) is 81.0 cm³/mol. The molecule has 108 valence electrons. The number of benzene rings is 1. The van der Waals surface area contributed by atoms with Crippen molar-refractivity contribution in [3.8, 4) is 6.07 Å². The van der Waals surface area contributed by atoms with Gasteiger partial charge in [0.05, 0.1) is 17.9 Å². The maximum Gasteiger partial charge on any atom is 0.232 e. The summed E-state index contributed by atoms with van der Waals surface area (Å²) in [6.45, 7) is 8.21. The van der Waals surface area contributed by atoms with Gasteiger partial charge in [-0.05, 0) is 45.4 Å². The molecule has 1 amide bonds. The zero-order valence-electron chi connectivity index (χ0n) is 12.7. The lowest BCUT2D eigenvalue weighted by molar-refractivity contribution is -0.138. The summed E-state index contributed by atoms with van der Waals surface area (Å²) in [5.74, 6) is 0.0347. The molecule has 0 atom stereocenters. The molecule has 0 radical (unpaired) electrons. The zero-order chi connectivity index (χ0) is 15.3. The van der Waals surface area contributed by atoms with Crippen LogP contribution in [0.3, 0.4) is 0 Å². The van der Waals surface area contributed by atoms with E-state index in [-0.39, 0.29) is 11.9 Å². The number of nitrogens with two attached hydrogens (primary N) is 1. The number of anilines is 1. The quantitative estimate of drug-likeness (QED) is 0.838. The molecule has 0 aromatic heterocycles. The second-order valence-electron chi connectivity index (χ2n) is 5.75. The van der Waals surface area contributed by atoms with E-state index in [2.05, 4.69) is 6.07 Å². The van der Waals surface area contributed by atoms with Gasteiger partial charge in [0.2, 0.25) is 5.91 Å². The van der Waals surface area contributed by atoms with Crippen molar-refractivity contribution in [3.05, 3.63) is 29.8 Å². The largest absolute Gasteiger partial charge is 0.399 e. The highest BCUT2D eigenvalue weighted by atomic mass is 16.2. The normalized spacial score (nSPS) is 11.2. The lowest BCUT2D eigenvalue weighted by Crippen LogP contribution is -2.47. The van der Waals surface area contributed by atoms with Crippen LogP contribution in [0.4, 0.5) is 5.69 Å². The van der Waals surface area contributed by atoms with E-state index in [4.69, 9.17) is 11.0 Å². The van der Waals surface area contributed by atoms with Crippen LogP contribution >= 0.6 is 0 Å². The first-order valence-electron chi connectivity index (χ1n) is 6.84. The summed E-state index contributed by atoms with van der Waals surface area (Å²) in [5, 5.41) is 8.73. The van der Waals surface area contributed by atoms with Crippen LogP contribution < -0.4 is 5.73 Å². The molecule has 0 aliphatic carbocycles. The SMILES string of the molecule is CC(C)N(CCC#N)C(=O)C(C)(C)c1ccc(N)cc1. The summed E-state index contributed by atoms with van der Waals surface area (Å²) < 4.78 is 0. The van der Waals surface area contributed by atoms with E-state index in [1.165, 1.54) is 0 Å². The molecule has 4 nitrogen and oxygen atoms in total. The summed E-state index contributed by atoms with van der Waals surface area (Å²) in [4.78, 5) is 14.5. The van der Waals surface area contributed by atoms with Crippen molar-refractivity contribution < 1.29 is 4.79 Å². The summed E-state index contributed by atoms with van der Waals surface area (Å²) in [6, 6.07) is 9.55. The highest BCUT2D eigenvalue weighted by Crippen LogP contribution is 2.27. The number of hydrogen-bond donors (Lipinski definition) is 1. The van der Waals surface area contributed by atoms with Crippen LogP contribution in [0.25, 0.3) is 0 Å². The smallest absolute Gasteiger partial charge is 0.232 e. The molecule has 0 heterocycles. The van der Waals surface area contributed by atoms with Crippen LogP contribution in [-0.2, 0) is 10.2 Å². The predicted octanol–water partition coefficient (Wildman–Crippen LogP) is 2.70. The molecular weight excluding hydrogens is 250 g/mol. The number of rotatable bonds is 5. The first-order chi connectivity index (χ1) is 9.30. The minimum Gasteiger partial charge on any atom is -0.399 e. The number of hydrogen-bond acceptors (Lipinski definition) is 3. The molecule has 0 aliphatic heterocycles. The standard InChI is InChI=1S/C16H23N3O/c1-12(2)19(11-5-10-17)15(20)16(3,4)13-6-8-14(18)9-7-13/h6-9,12H,5,11,18H2,1-4H3. The van der Waals surface area contributed by atoms with Crippen LogP contribution in [0, 0.1) is 11.3 Å². The van der Waals surface area contributed by atoms with Crippen LogP contribution in [0.15, 0.2) is 24.3 Å². The van der Waals surface area contributed by atoms with E-state index < -0.39 is 5.41 Å². The van der Waals surface area contributed by atoms with Crippen molar-refractivity contribution in [3.63, 3.8) is 0 Å². The van der Waals surface area contributed by atoms with Crippen molar-refractivity contribution in [2.45, 2.75) is 45.6 Å². The van der Waals surface area contributed by atoms with Crippen molar-refractivity contribution in [1.82, 2.24) is 4.90 Å². The van der Waals surface area contributed by atoms with E-state index >= 15 is 0 Å². The first kappa shape index (κ1) is 16.0. The molecule has 2 N–H and O–H groups in total. The number of carbonyl (C=O) groups excluding carboxylic acids is 1. The Morgan fingerprint density at radius 1 is 1.35 bits per heavy atom. The summed E-state index contributed by atoms with van der Waals surface area (Å²) >= 11 is 0. The lowest BCUT2D eigenvalue weighted by atomic mass is 9.82. The Morgan fingerprint density at radius 2 is 1.90 bits per heavy atom. The van der Waals surface area contributed by atoms with Gasteiger partial charge in [0.25, 0.3) is 0 Å². The number of nitriles is 1. The average molecular weight is 273 g/mol. The maximum absolute atomic E-state index is 12.8. The third-order valence-electron chi connectivity index (χ3n) is 3.52. The van der Waals surface area contributed by atoms with Crippen LogP contribution in [0.2, 0.25) is 0 Å². The van der Waals surface area contributed by atoms with Gasteiger partial charge in [-0.1, -0.05) is 12.1 Å². The van der Waals surface area contributed by atoms with Gasteiger partial charge in [0.15, 0.2) is 0 Å². The van der Waals surface area contributed by atoms with E-state index in [0.717, 1.165) is 5.56 Å². The molecule has 1 rings (SSSR count). The second-order valence-corrected chi connectivity index (χ2v) is 5.75. The van der Waals surface area contributed by atoms with Gasteiger partial charge in [-0.15, -0.1) is 0 Å². The van der Waals surface area contributed by atoms with Crippen LogP contribution in [0.5, 0.6) is 0 Å². The fourth-order valence-corrected chi connectivity index (χ4v) is 2.15. The number of nitrogen functional groups attached to an aromatic ring is 1. The summed E-state index contributed by atoms with van der Waals surface area (Å²) in [6.07, 6.45) is 0.349. The Morgan fingerprint density at radius 3 is 2.35 bits per heavy atom. The van der Waals surface area contributed by atoms with Gasteiger partial charge in [0.1, 0.15) is 0 Å². The third-order valence-corrected chi connectivity index (χ3v) is 3.52. The number of amides is 1. The van der Waals surface area contributed by atoms with Crippen LogP contribution in [-0.4, -0.2) is 23.4 Å². The molecule has 0 saturated carbocycles. The average Bonchev–Trinajstić information content (AvgIpc) is 2.39. The minimum absolute atomic E-state index is 0.0347. The molecule has 0 bridgehead atoms. The van der Waals surface area contributed by atoms with Crippen LogP contribution in [0.1, 0.15) is 39.7 Å². The second kappa shape index (κ2) is 6.42. The van der Waals surface area contributed by atoms with Gasteiger partial charge in [-0.2, -0.15) is 5.26 Å². The Hall–Kier alpha value is -2.02. The Bertz CT molecular complexity index is 497. The fourth-order valence-electron chi connectivity index (χ4n) is 2.15. The number of nitrogens with zero attached hydrogens (tertiary/aromatic N) is 2. The molecule has 1 aromatic rings. The summed E-state index contributed by atoms with van der Waals surface area (Å²) in [5.41, 5.74) is 6.67. The molecule has 20 heavy (non-hydrogen) atoms. The number of carbonyl (C=O) groups is 1. The van der Waals surface area contributed by atoms with E-state index in [9.17, 15) is 4.79 Å². The lowest BCUT2D eigenvalue weighted by Gasteiger charge is -2.34. The highest BCUT2D eigenvalue weighted by Gasteiger charge is 2.34. The minimum atomic E-state index is -0.632. The van der Waals surface area contributed by atoms with Gasteiger partial charge >= 0.3 is 0 Å². The van der Waals surface area contributed by atoms with Crippen molar-refractivity contribution >= 4 is 11.6 Å². The topological polar surface area (TPSA) is 70.1 Å². The van der Waals surface area contributed by atoms with Gasteiger partial charge in [-0.3, -0.25) is 4.79 Å². The Kier molecular flexibility index (Phi) is 5.15. The Balaban J connectivity index is 3.02. The van der Waals surface area contributed by atoms with Crippen molar-refractivity contribution in [2.24, 2.45) is 0 Å². The first-order valence-corrected chi connectivity index (χ1v) is 6.84. The van der Waals surface area contributed by atoms with Gasteiger partial charge < -0.3 is 10.6 Å². The molecule has 0 spiro atoms. The highest BCUT2D eigenvalue weighted by molar-refractivity contribution is 5.87. The van der Waals surface area contributed by atoms with E-state index in [1.54, 1.807) is 17.0 Å². The summed E-state index contributed by atoms with van der Waals surface area (Å²) in [7, 11) is 0. The Labute approximate surface area is 121 Å². The molecule has 0 fully saturated rings. The fraction of sp³-hybridized carbons (Fsp3) is 0.500. The van der Waals surface area contributed by atoms with E-state index in [1.807, 2.05) is 39.8 Å². The maximum atomic E-state index is 12.8. The molecule has 4 heteroatoms. The molecule has 0 saturated heterocycles. The monoisotopic (exact) mass is 273 g/mol. The molecular formula is C16H23N3O. The molecule has 1 aromatic carbocycles. The van der Waals surface area contributed by atoms with E-state index in [0.29, 0.717) is 18.7 Å². The van der Waals surface area contributed by atoms with Gasteiger partial charge in [-0.25, -0.2) is 0 Å². The van der Waals surface area contributed by atoms with Crippen molar-refractivity contribution in [1.29, 1.82) is 5.26 Å². The van der Waals surface area contributed by atoms with Gasteiger partial charge in [0, 0.05) is 18.3 Å². The molecule has 0 unspecified atom stereocenters. The zero-order valence-corrected chi connectivity index (χ0v) is 12.7. The van der Waals surface area contributed by atoms with Crippen molar-refractivity contribution in [2.75, 3.05) is 12.3 Å². The molecule has 0 aliphatic rings. The third kappa shape index (κ3) is 3.51.